The van der Waals surface area contributed by atoms with E-state index < -0.39 is 0 Å². The summed E-state index contributed by atoms with van der Waals surface area (Å²) in [7, 11) is 0. The average Bonchev–Trinajstić information content (AvgIpc) is 2.35. The summed E-state index contributed by atoms with van der Waals surface area (Å²) in [6.07, 6.45) is 5.75. The minimum absolute atomic E-state index is 0.0969. The molecule has 1 saturated carbocycles. The van der Waals surface area contributed by atoms with Crippen molar-refractivity contribution in [1.29, 1.82) is 0 Å². The predicted molar refractivity (Wildman–Crippen MR) is 86.9 cm³/mol. The van der Waals surface area contributed by atoms with Gasteiger partial charge in [-0.25, -0.2) is 0 Å². The fourth-order valence-corrected chi connectivity index (χ4v) is 3.70. The second-order valence-corrected chi connectivity index (χ2v) is 7.66. The Bertz CT molecular complexity index is 305. The maximum Gasteiger partial charge on any atom is 0.142 e. The standard InChI is InChI=1S/C18H35NO/c1-7-16(8-2)19(12-14(3)4)13-15-10-9-11-18(5,6)17(15)20/h14-16H,7-13H2,1-6H3. The zero-order valence-corrected chi connectivity index (χ0v) is 14.5. The third-order valence-electron chi connectivity index (χ3n) is 4.91. The van der Waals surface area contributed by atoms with Crippen LogP contribution in [-0.4, -0.2) is 29.8 Å². The Kier molecular flexibility index (Phi) is 6.71. The Morgan fingerprint density at radius 3 is 2.35 bits per heavy atom. The first kappa shape index (κ1) is 17.7. The summed E-state index contributed by atoms with van der Waals surface area (Å²) in [6.45, 7) is 15.5. The molecule has 0 aromatic carbocycles. The van der Waals surface area contributed by atoms with Crippen LogP contribution in [0.1, 0.15) is 73.6 Å². The van der Waals surface area contributed by atoms with E-state index >= 15 is 0 Å². The minimum Gasteiger partial charge on any atom is -0.299 e. The van der Waals surface area contributed by atoms with E-state index in [9.17, 15) is 4.79 Å². The van der Waals surface area contributed by atoms with Gasteiger partial charge in [-0.15, -0.1) is 0 Å². The second kappa shape index (κ2) is 7.59. The molecule has 0 radical (unpaired) electrons. The SMILES string of the molecule is CCC(CC)N(CC(C)C)CC1CCCC(C)(C)C1=O. The van der Waals surface area contributed by atoms with Crippen LogP contribution in [0.3, 0.4) is 0 Å². The number of carbonyl (C=O) groups is 1. The van der Waals surface area contributed by atoms with Gasteiger partial charge in [0.25, 0.3) is 0 Å². The summed E-state index contributed by atoms with van der Waals surface area (Å²) in [6, 6.07) is 0.634. The predicted octanol–water partition coefficient (Wildman–Crippen LogP) is 4.53. The van der Waals surface area contributed by atoms with Crippen molar-refractivity contribution in [3.05, 3.63) is 0 Å². The molecule has 1 atom stereocenters. The lowest BCUT2D eigenvalue weighted by molar-refractivity contribution is -0.135. The van der Waals surface area contributed by atoms with Gasteiger partial charge < -0.3 is 0 Å². The van der Waals surface area contributed by atoms with Crippen LogP contribution in [0.15, 0.2) is 0 Å². The van der Waals surface area contributed by atoms with E-state index in [-0.39, 0.29) is 11.3 Å². The van der Waals surface area contributed by atoms with E-state index in [2.05, 4.69) is 46.4 Å². The van der Waals surface area contributed by atoms with Gasteiger partial charge in [-0.05, 0) is 31.6 Å². The van der Waals surface area contributed by atoms with Crippen molar-refractivity contribution < 1.29 is 4.79 Å². The summed E-state index contributed by atoms with van der Waals surface area (Å²) < 4.78 is 0. The largest absolute Gasteiger partial charge is 0.299 e. The minimum atomic E-state index is -0.0969. The third-order valence-corrected chi connectivity index (χ3v) is 4.91. The number of nitrogens with zero attached hydrogens (tertiary/aromatic N) is 1. The van der Waals surface area contributed by atoms with Crippen molar-refractivity contribution in [1.82, 2.24) is 4.90 Å². The normalized spacial score (nSPS) is 23.1. The van der Waals surface area contributed by atoms with Crippen LogP contribution in [0, 0.1) is 17.3 Å². The smallest absolute Gasteiger partial charge is 0.142 e. The van der Waals surface area contributed by atoms with Crippen molar-refractivity contribution in [2.45, 2.75) is 79.7 Å². The van der Waals surface area contributed by atoms with Gasteiger partial charge in [-0.2, -0.15) is 0 Å². The molecule has 118 valence electrons. The molecular formula is C18H35NO. The lowest BCUT2D eigenvalue weighted by Crippen LogP contribution is -2.46. The molecule has 0 heterocycles. The van der Waals surface area contributed by atoms with Crippen molar-refractivity contribution in [2.75, 3.05) is 13.1 Å². The first-order valence-electron chi connectivity index (χ1n) is 8.60. The van der Waals surface area contributed by atoms with E-state index in [0.29, 0.717) is 17.7 Å². The van der Waals surface area contributed by atoms with Crippen LogP contribution >= 0.6 is 0 Å². The van der Waals surface area contributed by atoms with Crippen LogP contribution in [0.25, 0.3) is 0 Å². The zero-order chi connectivity index (χ0) is 15.3. The highest BCUT2D eigenvalue weighted by atomic mass is 16.1. The van der Waals surface area contributed by atoms with E-state index in [0.717, 1.165) is 25.9 Å². The third kappa shape index (κ3) is 4.58. The molecule has 0 saturated heterocycles. The molecule has 1 aliphatic rings. The highest BCUT2D eigenvalue weighted by Gasteiger charge is 2.38. The number of ketones is 1. The summed E-state index contributed by atoms with van der Waals surface area (Å²) >= 11 is 0. The number of rotatable bonds is 7. The van der Waals surface area contributed by atoms with Gasteiger partial charge in [-0.1, -0.05) is 48.0 Å². The average molecular weight is 281 g/mol. The second-order valence-electron chi connectivity index (χ2n) is 7.66. The Hall–Kier alpha value is -0.370. The molecule has 2 heteroatoms. The van der Waals surface area contributed by atoms with Crippen LogP contribution in [0.2, 0.25) is 0 Å². The highest BCUT2D eigenvalue weighted by molar-refractivity contribution is 5.87. The molecule has 20 heavy (non-hydrogen) atoms. The fourth-order valence-electron chi connectivity index (χ4n) is 3.70. The van der Waals surface area contributed by atoms with Crippen LogP contribution in [0.4, 0.5) is 0 Å². The Labute approximate surface area is 126 Å². The Balaban J connectivity index is 2.75. The molecule has 1 aliphatic carbocycles. The first-order chi connectivity index (χ1) is 9.31. The number of hydrogen-bond acceptors (Lipinski definition) is 2. The molecule has 1 rings (SSSR count). The number of carbonyl (C=O) groups excluding carboxylic acids is 1. The fraction of sp³-hybridized carbons (Fsp3) is 0.944. The molecule has 0 aromatic heterocycles. The molecule has 0 aromatic rings. The lowest BCUT2D eigenvalue weighted by atomic mass is 9.71. The van der Waals surface area contributed by atoms with Crippen LogP contribution in [0.5, 0.6) is 0 Å². The zero-order valence-electron chi connectivity index (χ0n) is 14.5. The van der Waals surface area contributed by atoms with Gasteiger partial charge in [0, 0.05) is 30.5 Å². The van der Waals surface area contributed by atoms with E-state index in [1.165, 1.54) is 19.3 Å². The van der Waals surface area contributed by atoms with Gasteiger partial charge in [0.15, 0.2) is 0 Å². The molecular weight excluding hydrogens is 246 g/mol. The summed E-state index contributed by atoms with van der Waals surface area (Å²) in [5.41, 5.74) is -0.0969. The van der Waals surface area contributed by atoms with Gasteiger partial charge in [0.1, 0.15) is 5.78 Å². The molecule has 1 fully saturated rings. The summed E-state index contributed by atoms with van der Waals surface area (Å²) in [4.78, 5) is 15.2. The molecule has 0 aliphatic heterocycles. The topological polar surface area (TPSA) is 20.3 Å². The molecule has 0 amide bonds. The van der Waals surface area contributed by atoms with E-state index in [1.54, 1.807) is 0 Å². The van der Waals surface area contributed by atoms with Crippen molar-refractivity contribution in [3.63, 3.8) is 0 Å². The molecule has 2 nitrogen and oxygen atoms in total. The maximum absolute atomic E-state index is 12.6. The van der Waals surface area contributed by atoms with Gasteiger partial charge in [-0.3, -0.25) is 9.69 Å². The van der Waals surface area contributed by atoms with Gasteiger partial charge in [0.05, 0.1) is 0 Å². The number of Topliss-reactive ketones (excluding diaryl/α,β-unsaturated/α-hetero) is 1. The molecule has 0 N–H and O–H groups in total. The van der Waals surface area contributed by atoms with E-state index in [4.69, 9.17) is 0 Å². The molecule has 1 unspecified atom stereocenters. The summed E-state index contributed by atoms with van der Waals surface area (Å²) in [5.74, 6) is 1.43. The monoisotopic (exact) mass is 281 g/mol. The van der Waals surface area contributed by atoms with E-state index in [1.807, 2.05) is 0 Å². The van der Waals surface area contributed by atoms with Gasteiger partial charge in [0.2, 0.25) is 0 Å². The molecule has 0 spiro atoms. The number of hydrogen-bond donors (Lipinski definition) is 0. The van der Waals surface area contributed by atoms with Gasteiger partial charge >= 0.3 is 0 Å². The lowest BCUT2D eigenvalue weighted by Gasteiger charge is -2.39. The first-order valence-corrected chi connectivity index (χ1v) is 8.60. The quantitative estimate of drug-likeness (QED) is 0.683. The Morgan fingerprint density at radius 1 is 1.25 bits per heavy atom. The highest BCUT2D eigenvalue weighted by Crippen LogP contribution is 2.36. The van der Waals surface area contributed by atoms with Crippen molar-refractivity contribution in [3.8, 4) is 0 Å². The maximum atomic E-state index is 12.6. The Morgan fingerprint density at radius 2 is 1.85 bits per heavy atom. The van der Waals surface area contributed by atoms with Crippen LogP contribution < -0.4 is 0 Å². The van der Waals surface area contributed by atoms with Crippen molar-refractivity contribution >= 4 is 5.78 Å². The van der Waals surface area contributed by atoms with Crippen molar-refractivity contribution in [2.24, 2.45) is 17.3 Å². The van der Waals surface area contributed by atoms with Crippen LogP contribution in [-0.2, 0) is 4.79 Å². The molecule has 0 bridgehead atoms. The summed E-state index contributed by atoms with van der Waals surface area (Å²) in [5, 5.41) is 0.